The van der Waals surface area contributed by atoms with E-state index in [0.29, 0.717) is 0 Å². The molecular formula is C3H7NSi. The monoisotopic (exact) mass is 85.0 g/mol. The highest BCUT2D eigenvalue weighted by atomic mass is 28.2. The molecule has 0 aliphatic heterocycles. The summed E-state index contributed by atoms with van der Waals surface area (Å²) in [7, 11) is 0.975. The first-order valence-corrected chi connectivity index (χ1v) is 2.50. The highest BCUT2D eigenvalue weighted by Gasteiger charge is 1.41. The predicted molar refractivity (Wildman–Crippen MR) is 26.5 cm³/mol. The molecule has 0 aromatic heterocycles. The summed E-state index contributed by atoms with van der Waals surface area (Å²) in [6.45, 7) is 1.81. The van der Waals surface area contributed by atoms with E-state index in [4.69, 9.17) is 0 Å². The van der Waals surface area contributed by atoms with Crippen molar-refractivity contribution in [2.45, 2.75) is 6.92 Å². The Labute approximate surface area is 35.3 Å². The molecule has 0 spiro atoms. The van der Waals surface area contributed by atoms with E-state index in [-0.39, 0.29) is 0 Å². The van der Waals surface area contributed by atoms with Gasteiger partial charge in [-0.05, 0) is 13.0 Å². The molecule has 0 fully saturated rings. The first-order valence-electron chi connectivity index (χ1n) is 1.50. The second-order valence-electron chi connectivity index (χ2n) is 0.625. The lowest BCUT2D eigenvalue weighted by Crippen LogP contribution is -1.94. The van der Waals surface area contributed by atoms with Crippen LogP contribution in [-0.2, 0) is 0 Å². The van der Waals surface area contributed by atoms with E-state index in [9.17, 15) is 0 Å². The lowest BCUT2D eigenvalue weighted by molar-refractivity contribution is 1.48. The maximum absolute atomic E-state index is 2.80. The van der Waals surface area contributed by atoms with Gasteiger partial charge in [0, 0.05) is 0 Å². The van der Waals surface area contributed by atoms with Gasteiger partial charge in [-0.3, -0.25) is 0 Å². The fraction of sp³-hybridized carbons (Fsp3) is 0.333. The van der Waals surface area contributed by atoms with E-state index < -0.39 is 0 Å². The highest BCUT2D eigenvalue weighted by molar-refractivity contribution is 6.05. The van der Waals surface area contributed by atoms with Crippen molar-refractivity contribution in [3.8, 4) is 12.0 Å². The zero-order valence-corrected chi connectivity index (χ0v) is 5.50. The van der Waals surface area contributed by atoms with Crippen molar-refractivity contribution < 1.29 is 0 Å². The largest absolute Gasteiger partial charge is 0.380 e. The van der Waals surface area contributed by atoms with Crippen molar-refractivity contribution >= 4 is 10.4 Å². The summed E-state index contributed by atoms with van der Waals surface area (Å²) in [4.78, 5) is 2.80. The van der Waals surface area contributed by atoms with Crippen molar-refractivity contribution in [1.82, 2.24) is 4.98 Å². The number of nitrogens with one attached hydrogen (secondary N) is 1. The van der Waals surface area contributed by atoms with Gasteiger partial charge in [-0.15, -0.1) is 0 Å². The van der Waals surface area contributed by atoms with E-state index in [0.717, 1.165) is 10.4 Å². The number of hydrogen-bond donors (Lipinski definition) is 1. The van der Waals surface area contributed by atoms with Gasteiger partial charge in [0.15, 0.2) is 0 Å². The smallest absolute Gasteiger partial charge is 0.114 e. The van der Waals surface area contributed by atoms with Crippen molar-refractivity contribution in [2.75, 3.05) is 0 Å². The molecule has 28 valence electrons. The molecule has 0 aliphatic rings. The van der Waals surface area contributed by atoms with Gasteiger partial charge in [-0.2, -0.15) is 0 Å². The Bertz CT molecular complexity index is 59.0. The molecule has 0 aliphatic carbocycles. The van der Waals surface area contributed by atoms with Crippen LogP contribution in [0.1, 0.15) is 6.92 Å². The molecular weight excluding hydrogens is 78.1 g/mol. The predicted octanol–water partition coefficient (Wildman–Crippen LogP) is -1.16. The molecule has 0 saturated carbocycles. The molecule has 0 heterocycles. The minimum atomic E-state index is 0.975. The molecule has 0 bridgehead atoms. The summed E-state index contributed by atoms with van der Waals surface area (Å²) in [5.74, 6) is 2.69. The fourth-order valence-corrected chi connectivity index (χ4v) is 0.375. The van der Waals surface area contributed by atoms with E-state index in [2.05, 4.69) is 16.9 Å². The maximum Gasteiger partial charge on any atom is 0.114 e. The van der Waals surface area contributed by atoms with Crippen molar-refractivity contribution in [2.24, 2.45) is 0 Å². The molecule has 1 nitrogen and oxygen atoms in total. The molecule has 0 unspecified atom stereocenters. The van der Waals surface area contributed by atoms with Gasteiger partial charge in [0.05, 0.1) is 0 Å². The van der Waals surface area contributed by atoms with E-state index in [1.807, 2.05) is 6.92 Å². The molecule has 0 aromatic carbocycles. The molecule has 0 amide bonds. The zero-order valence-electron chi connectivity index (χ0n) is 3.50. The molecule has 0 radical (unpaired) electrons. The van der Waals surface area contributed by atoms with E-state index >= 15 is 0 Å². The van der Waals surface area contributed by atoms with Crippen molar-refractivity contribution in [3.05, 3.63) is 0 Å². The summed E-state index contributed by atoms with van der Waals surface area (Å²) >= 11 is 0. The Balaban J connectivity index is 2.81. The minimum absolute atomic E-state index is 0.975. The van der Waals surface area contributed by atoms with Crippen LogP contribution in [0.15, 0.2) is 0 Å². The van der Waals surface area contributed by atoms with Crippen LogP contribution in [0.5, 0.6) is 0 Å². The first kappa shape index (κ1) is 4.58. The maximum atomic E-state index is 2.80. The van der Waals surface area contributed by atoms with E-state index in [1.54, 1.807) is 0 Å². The molecule has 0 aromatic rings. The average Bonchev–Trinajstić information content (AvgIpc) is 1.41. The van der Waals surface area contributed by atoms with Gasteiger partial charge in [0.2, 0.25) is 0 Å². The third-order valence-corrected chi connectivity index (χ3v) is 0.500. The minimum Gasteiger partial charge on any atom is -0.380 e. The molecule has 0 atom stereocenters. The summed E-state index contributed by atoms with van der Waals surface area (Å²) in [5.41, 5.74) is 0. The van der Waals surface area contributed by atoms with Crippen LogP contribution in [0.4, 0.5) is 0 Å². The van der Waals surface area contributed by atoms with E-state index in [1.165, 1.54) is 0 Å². The van der Waals surface area contributed by atoms with Crippen LogP contribution in [0.25, 0.3) is 0 Å². The first-order chi connectivity index (χ1) is 2.41. The van der Waals surface area contributed by atoms with Crippen LogP contribution in [0.2, 0.25) is 0 Å². The zero-order chi connectivity index (χ0) is 4.12. The van der Waals surface area contributed by atoms with Crippen LogP contribution in [-0.4, -0.2) is 10.4 Å². The Hall–Kier alpha value is -0.423. The lowest BCUT2D eigenvalue weighted by atomic mass is 10.8. The molecule has 2 heteroatoms. The topological polar surface area (TPSA) is 12.0 Å². The molecule has 5 heavy (non-hydrogen) atoms. The van der Waals surface area contributed by atoms with Crippen molar-refractivity contribution in [1.29, 1.82) is 0 Å². The van der Waals surface area contributed by atoms with Gasteiger partial charge >= 0.3 is 0 Å². The number of hydrogen-bond acceptors (Lipinski definition) is 1. The Morgan fingerprint density at radius 1 is 1.80 bits per heavy atom. The highest BCUT2D eigenvalue weighted by Crippen LogP contribution is 1.34. The van der Waals surface area contributed by atoms with Crippen LogP contribution in [0.3, 0.4) is 0 Å². The SMILES string of the molecule is CC#CN[SiH3]. The summed E-state index contributed by atoms with van der Waals surface area (Å²) in [6, 6.07) is 2.67. The molecule has 1 N–H and O–H groups in total. The van der Waals surface area contributed by atoms with Crippen LogP contribution >= 0.6 is 0 Å². The Morgan fingerprint density at radius 3 is 2.40 bits per heavy atom. The van der Waals surface area contributed by atoms with Gasteiger partial charge in [-0.1, -0.05) is 5.92 Å². The van der Waals surface area contributed by atoms with Crippen LogP contribution < -0.4 is 4.98 Å². The Kier molecular flexibility index (Phi) is 3.27. The number of rotatable bonds is 0. The summed E-state index contributed by atoms with van der Waals surface area (Å²) in [6.07, 6.45) is 0. The van der Waals surface area contributed by atoms with Crippen LogP contribution in [0, 0.1) is 12.0 Å². The van der Waals surface area contributed by atoms with Gasteiger partial charge in [-0.25, -0.2) is 0 Å². The molecule has 0 rings (SSSR count). The molecule has 0 saturated heterocycles. The van der Waals surface area contributed by atoms with Gasteiger partial charge in [0.1, 0.15) is 10.4 Å². The fourth-order valence-electron chi connectivity index (χ4n) is 0.125. The summed E-state index contributed by atoms with van der Waals surface area (Å²) in [5, 5.41) is 0. The van der Waals surface area contributed by atoms with Crippen molar-refractivity contribution in [3.63, 3.8) is 0 Å². The third-order valence-electron chi connectivity index (χ3n) is 0.250. The normalized spacial score (nSPS) is 5.00. The average molecular weight is 85.2 g/mol. The third kappa shape index (κ3) is 3.58. The Morgan fingerprint density at radius 2 is 2.40 bits per heavy atom. The second-order valence-corrected chi connectivity index (χ2v) is 1.12. The lowest BCUT2D eigenvalue weighted by Gasteiger charge is -1.68. The van der Waals surface area contributed by atoms with Gasteiger partial charge in [0.25, 0.3) is 0 Å². The quantitative estimate of drug-likeness (QED) is 0.222. The standard InChI is InChI=1S/C3H7NSi/c1-2-3-4-5/h4H,1,5H3. The summed E-state index contributed by atoms with van der Waals surface area (Å²) < 4.78 is 0. The second kappa shape index (κ2) is 3.58. The van der Waals surface area contributed by atoms with Gasteiger partial charge < -0.3 is 4.98 Å².